The van der Waals surface area contributed by atoms with Crippen molar-refractivity contribution in [1.29, 1.82) is 5.26 Å². The maximum absolute atomic E-state index is 13.3. The van der Waals surface area contributed by atoms with Gasteiger partial charge in [0.1, 0.15) is 11.5 Å². The average molecular weight is 622 g/mol. The van der Waals surface area contributed by atoms with Gasteiger partial charge in [0.05, 0.1) is 22.4 Å². The summed E-state index contributed by atoms with van der Waals surface area (Å²) in [6, 6.07) is 5.86. The smallest absolute Gasteiger partial charge is 0.263 e. The molecule has 2 aliphatic carbocycles. The number of hydrogen-bond acceptors (Lipinski definition) is 10. The van der Waals surface area contributed by atoms with Crippen LogP contribution in [0.15, 0.2) is 12.1 Å². The second-order valence-corrected chi connectivity index (χ2v) is 14.3. The summed E-state index contributed by atoms with van der Waals surface area (Å²) < 4.78 is 0. The Morgan fingerprint density at radius 1 is 1.09 bits per heavy atom. The summed E-state index contributed by atoms with van der Waals surface area (Å²) in [5.41, 5.74) is 1.17. The molecule has 43 heavy (non-hydrogen) atoms. The molecule has 14 heteroatoms. The van der Waals surface area contributed by atoms with Gasteiger partial charge in [-0.3, -0.25) is 14.4 Å². The van der Waals surface area contributed by atoms with E-state index in [1.165, 1.54) is 22.7 Å². The van der Waals surface area contributed by atoms with Gasteiger partial charge < -0.3 is 20.0 Å². The van der Waals surface area contributed by atoms with E-state index in [9.17, 15) is 19.6 Å². The number of nitriles is 1. The minimum atomic E-state index is -0.918. The SMILES string of the molecule is C[C@H](CC1(c2nn[nH]n2)c2sc(C(=O)N(C)C)cc2CCc2cc(C(=O)N(C)C)sc21)NCC(=O)N1C(C#N)C[C@@H]2C[C@@H]21. The summed E-state index contributed by atoms with van der Waals surface area (Å²) in [5, 5.41) is 28.6. The highest BCUT2D eigenvalue weighted by Gasteiger charge is 2.54. The number of amides is 3. The molecule has 2 N–H and O–H groups in total. The second-order valence-electron chi connectivity index (χ2n) is 12.2. The third-order valence-corrected chi connectivity index (χ3v) is 11.4. The molecule has 0 aromatic carbocycles. The van der Waals surface area contributed by atoms with Gasteiger partial charge in [-0.05, 0) is 68.2 Å². The fraction of sp³-hybridized carbons (Fsp3) is 0.552. The highest BCUT2D eigenvalue weighted by molar-refractivity contribution is 7.16. The number of rotatable bonds is 8. The van der Waals surface area contributed by atoms with Crippen molar-refractivity contribution in [2.45, 2.75) is 62.6 Å². The molecule has 3 aromatic heterocycles. The van der Waals surface area contributed by atoms with Crippen molar-refractivity contribution in [3.8, 4) is 6.07 Å². The van der Waals surface area contributed by atoms with Gasteiger partial charge in [0, 0.05) is 50.0 Å². The van der Waals surface area contributed by atoms with Crippen molar-refractivity contribution in [3.05, 3.63) is 48.6 Å². The number of nitrogens with one attached hydrogen (secondary N) is 2. The number of nitrogens with zero attached hydrogens (tertiary/aromatic N) is 7. The van der Waals surface area contributed by atoms with Crippen LogP contribution in [0.25, 0.3) is 0 Å². The van der Waals surface area contributed by atoms with Crippen LogP contribution in [0, 0.1) is 17.2 Å². The van der Waals surface area contributed by atoms with Gasteiger partial charge in [0.15, 0.2) is 5.82 Å². The summed E-state index contributed by atoms with van der Waals surface area (Å²) in [5.74, 6) is 0.680. The first kappa shape index (κ1) is 29.4. The molecule has 4 heterocycles. The van der Waals surface area contributed by atoms with E-state index in [2.05, 4.69) is 32.0 Å². The summed E-state index contributed by atoms with van der Waals surface area (Å²) in [7, 11) is 6.95. The van der Waals surface area contributed by atoms with Crippen molar-refractivity contribution in [2.24, 2.45) is 5.92 Å². The molecule has 1 saturated carbocycles. The molecule has 12 nitrogen and oxygen atoms in total. The van der Waals surface area contributed by atoms with Gasteiger partial charge in [-0.25, -0.2) is 0 Å². The fourth-order valence-electron chi connectivity index (χ4n) is 6.61. The minimum Gasteiger partial charge on any atom is -0.344 e. The highest BCUT2D eigenvalue weighted by atomic mass is 32.1. The van der Waals surface area contributed by atoms with Gasteiger partial charge >= 0.3 is 0 Å². The topological polar surface area (TPSA) is 151 Å². The van der Waals surface area contributed by atoms with Crippen molar-refractivity contribution in [3.63, 3.8) is 0 Å². The molecule has 1 saturated heterocycles. The Morgan fingerprint density at radius 2 is 1.70 bits per heavy atom. The third kappa shape index (κ3) is 5.03. The molecular weight excluding hydrogens is 587 g/mol. The average Bonchev–Trinajstić information content (AvgIpc) is 3.48. The Labute approximate surface area is 258 Å². The van der Waals surface area contributed by atoms with Crippen LogP contribution >= 0.6 is 22.7 Å². The van der Waals surface area contributed by atoms with E-state index in [1.807, 2.05) is 19.1 Å². The van der Waals surface area contributed by atoms with Crippen LogP contribution < -0.4 is 5.32 Å². The number of aromatic amines is 1. The van der Waals surface area contributed by atoms with Crippen LogP contribution in [-0.4, -0.2) is 106 Å². The molecule has 226 valence electrons. The molecule has 0 spiro atoms. The Kier molecular flexibility index (Phi) is 7.60. The van der Waals surface area contributed by atoms with E-state index in [1.54, 1.807) is 42.9 Å². The zero-order chi connectivity index (χ0) is 30.6. The van der Waals surface area contributed by atoms with Crippen LogP contribution in [0.2, 0.25) is 0 Å². The van der Waals surface area contributed by atoms with Crippen LogP contribution in [0.4, 0.5) is 0 Å². The maximum Gasteiger partial charge on any atom is 0.263 e. The molecule has 6 rings (SSSR count). The predicted octanol–water partition coefficient (Wildman–Crippen LogP) is 2.04. The van der Waals surface area contributed by atoms with Crippen molar-refractivity contribution in [1.82, 2.24) is 40.6 Å². The number of aryl methyl sites for hydroxylation is 2. The first-order chi connectivity index (χ1) is 20.5. The number of aromatic nitrogens is 4. The van der Waals surface area contributed by atoms with Gasteiger partial charge in [-0.1, -0.05) is 5.21 Å². The van der Waals surface area contributed by atoms with E-state index in [0.29, 0.717) is 40.8 Å². The van der Waals surface area contributed by atoms with E-state index in [4.69, 9.17) is 0 Å². The number of H-pyrrole nitrogens is 1. The van der Waals surface area contributed by atoms with Crippen molar-refractivity contribution in [2.75, 3.05) is 34.7 Å². The monoisotopic (exact) mass is 621 g/mol. The van der Waals surface area contributed by atoms with Gasteiger partial charge in [0.2, 0.25) is 5.91 Å². The zero-order valence-corrected chi connectivity index (χ0v) is 26.5. The van der Waals surface area contributed by atoms with Crippen molar-refractivity contribution < 1.29 is 14.4 Å². The van der Waals surface area contributed by atoms with Crippen LogP contribution in [0.1, 0.15) is 72.2 Å². The number of thiophene rings is 2. The standard InChI is InChI=1S/C29H35N9O3S2/c1-15(31-14-23(39)38-19(13-30)8-18-9-20(18)38)12-29(28-32-34-35-33-28)24-16(10-21(42-24)26(40)36(2)3)6-7-17-11-22(43-25(17)29)27(41)37(4)5/h10-11,15,18-20,31H,6-9,12,14H2,1-5H3,(H,32,33,34,35)/t15-,18-,19?,20+/m1/s1. The summed E-state index contributed by atoms with van der Waals surface area (Å²) in [4.78, 5) is 47.6. The number of tetrazole rings is 1. The predicted molar refractivity (Wildman–Crippen MR) is 161 cm³/mol. The van der Waals surface area contributed by atoms with E-state index in [0.717, 1.165) is 33.7 Å². The summed E-state index contributed by atoms with van der Waals surface area (Å²) in [6.45, 7) is 2.12. The first-order valence-electron chi connectivity index (χ1n) is 14.4. The number of likely N-dealkylation sites (tertiary alicyclic amines) is 1. The van der Waals surface area contributed by atoms with Crippen molar-refractivity contribution >= 4 is 40.4 Å². The molecule has 1 unspecified atom stereocenters. The lowest BCUT2D eigenvalue weighted by Gasteiger charge is -2.33. The van der Waals surface area contributed by atoms with E-state index >= 15 is 0 Å². The minimum absolute atomic E-state index is 0.0655. The van der Waals surface area contributed by atoms with Gasteiger partial charge in [0.25, 0.3) is 11.8 Å². The van der Waals surface area contributed by atoms with Crippen LogP contribution in [0.5, 0.6) is 0 Å². The maximum atomic E-state index is 13.3. The van der Waals surface area contributed by atoms with E-state index < -0.39 is 5.41 Å². The molecular formula is C29H35N9O3S2. The zero-order valence-electron chi connectivity index (χ0n) is 24.9. The quantitative estimate of drug-likeness (QED) is 0.388. The first-order valence-corrected chi connectivity index (χ1v) is 16.1. The number of carbonyl (C=O) groups is 3. The Balaban J connectivity index is 1.41. The lowest BCUT2D eigenvalue weighted by Crippen LogP contribution is -2.46. The second kappa shape index (κ2) is 11.1. The number of piperidine rings is 1. The molecule has 3 amide bonds. The molecule has 3 aromatic rings. The van der Waals surface area contributed by atoms with E-state index in [-0.39, 0.29) is 42.4 Å². The van der Waals surface area contributed by atoms with Crippen LogP contribution in [-0.2, 0) is 23.1 Å². The summed E-state index contributed by atoms with van der Waals surface area (Å²) >= 11 is 2.87. The fourth-order valence-corrected chi connectivity index (χ4v) is 9.55. The molecule has 4 atom stereocenters. The largest absolute Gasteiger partial charge is 0.344 e. The lowest BCUT2D eigenvalue weighted by atomic mass is 9.76. The number of hydrogen-bond donors (Lipinski definition) is 2. The Bertz CT molecular complexity index is 1540. The molecule has 0 bridgehead atoms. The molecule has 0 radical (unpaired) electrons. The Hall–Kier alpha value is -3.67. The van der Waals surface area contributed by atoms with Crippen LogP contribution in [0.3, 0.4) is 0 Å². The highest BCUT2D eigenvalue weighted by Crippen LogP contribution is 2.52. The molecule has 1 aliphatic heterocycles. The normalized spacial score (nSPS) is 22.0. The summed E-state index contributed by atoms with van der Waals surface area (Å²) in [6.07, 6.45) is 3.58. The van der Waals surface area contributed by atoms with Gasteiger partial charge in [-0.2, -0.15) is 10.5 Å². The Morgan fingerprint density at radius 3 is 2.21 bits per heavy atom. The number of carbonyl (C=O) groups excluding carboxylic acids is 3. The number of fused-ring (bicyclic) bond motifs is 3. The third-order valence-electron chi connectivity index (χ3n) is 8.77. The van der Waals surface area contributed by atoms with Gasteiger partial charge in [-0.15, -0.1) is 32.9 Å². The molecule has 3 aliphatic rings. The molecule has 2 fully saturated rings. The lowest BCUT2D eigenvalue weighted by molar-refractivity contribution is -0.131.